The van der Waals surface area contributed by atoms with Crippen LogP contribution in [0.5, 0.6) is 0 Å². The molecular weight excluding hydrogens is 274 g/mol. The van der Waals surface area contributed by atoms with Gasteiger partial charge in [-0.3, -0.25) is 4.90 Å². The van der Waals surface area contributed by atoms with E-state index in [1.165, 1.54) is 5.56 Å². The van der Waals surface area contributed by atoms with Crippen LogP contribution in [0.3, 0.4) is 0 Å². The van der Waals surface area contributed by atoms with Crippen molar-refractivity contribution >= 4 is 0 Å². The average Bonchev–Trinajstić information content (AvgIpc) is 2.80. The molecule has 1 atom stereocenters. The van der Waals surface area contributed by atoms with Crippen LogP contribution in [0.1, 0.15) is 32.0 Å². The standard InChI is InChI=1S/C18H27N3O/c1-14-15(11-20(5)17(13-22)18(2,3)4)12-21(19-14)16-9-7-6-8-10-16/h6-10,12,17,22H,11,13H2,1-5H3. The van der Waals surface area contributed by atoms with E-state index < -0.39 is 0 Å². The molecule has 0 saturated carbocycles. The normalized spacial score (nSPS) is 13.6. The van der Waals surface area contributed by atoms with Gasteiger partial charge in [0.25, 0.3) is 0 Å². The van der Waals surface area contributed by atoms with Crippen LogP contribution in [-0.4, -0.2) is 39.5 Å². The summed E-state index contributed by atoms with van der Waals surface area (Å²) in [6, 6.07) is 10.2. The molecule has 2 rings (SSSR count). The number of aromatic nitrogens is 2. The Balaban J connectivity index is 2.19. The molecule has 0 spiro atoms. The highest BCUT2D eigenvalue weighted by Crippen LogP contribution is 2.25. The minimum absolute atomic E-state index is 0.0346. The highest BCUT2D eigenvalue weighted by Gasteiger charge is 2.28. The maximum absolute atomic E-state index is 9.70. The van der Waals surface area contributed by atoms with Crippen molar-refractivity contribution in [3.63, 3.8) is 0 Å². The Hall–Kier alpha value is -1.65. The lowest BCUT2D eigenvalue weighted by Crippen LogP contribution is -2.44. The van der Waals surface area contributed by atoms with E-state index in [4.69, 9.17) is 0 Å². The summed E-state index contributed by atoms with van der Waals surface area (Å²) in [6.45, 7) is 9.45. The van der Waals surface area contributed by atoms with Gasteiger partial charge in [-0.1, -0.05) is 39.0 Å². The molecule has 0 aliphatic rings. The third kappa shape index (κ3) is 3.76. The van der Waals surface area contributed by atoms with Crippen molar-refractivity contribution < 1.29 is 5.11 Å². The summed E-state index contributed by atoms with van der Waals surface area (Å²) in [5.74, 6) is 0. The number of rotatable bonds is 5. The van der Waals surface area contributed by atoms with Gasteiger partial charge in [0.05, 0.1) is 18.0 Å². The predicted octanol–water partition coefficient (Wildman–Crippen LogP) is 3.02. The second kappa shape index (κ2) is 6.63. The topological polar surface area (TPSA) is 41.3 Å². The number of hydrogen-bond acceptors (Lipinski definition) is 3. The molecule has 2 aromatic rings. The molecule has 0 aliphatic heterocycles. The smallest absolute Gasteiger partial charge is 0.0645 e. The lowest BCUT2D eigenvalue weighted by Gasteiger charge is -2.36. The predicted molar refractivity (Wildman–Crippen MR) is 90.1 cm³/mol. The fraction of sp³-hybridized carbons (Fsp3) is 0.500. The van der Waals surface area contributed by atoms with Crippen molar-refractivity contribution in [2.75, 3.05) is 13.7 Å². The average molecular weight is 301 g/mol. The molecule has 0 aliphatic carbocycles. The maximum Gasteiger partial charge on any atom is 0.0645 e. The van der Waals surface area contributed by atoms with Crippen LogP contribution in [-0.2, 0) is 6.54 Å². The zero-order valence-electron chi connectivity index (χ0n) is 14.2. The van der Waals surface area contributed by atoms with Crippen LogP contribution < -0.4 is 0 Å². The first-order chi connectivity index (χ1) is 10.3. The molecule has 120 valence electrons. The number of likely N-dealkylation sites (N-methyl/N-ethyl adjacent to an activating group) is 1. The number of para-hydroxylation sites is 1. The number of aliphatic hydroxyl groups is 1. The maximum atomic E-state index is 9.70. The quantitative estimate of drug-likeness (QED) is 0.923. The second-order valence-corrected chi connectivity index (χ2v) is 7.00. The van der Waals surface area contributed by atoms with Crippen molar-refractivity contribution in [3.8, 4) is 5.69 Å². The largest absolute Gasteiger partial charge is 0.395 e. The number of nitrogens with zero attached hydrogens (tertiary/aromatic N) is 3. The van der Waals surface area contributed by atoms with Gasteiger partial charge in [-0.25, -0.2) is 4.68 Å². The highest BCUT2D eigenvalue weighted by atomic mass is 16.3. The monoisotopic (exact) mass is 301 g/mol. The summed E-state index contributed by atoms with van der Waals surface area (Å²) < 4.78 is 1.92. The van der Waals surface area contributed by atoms with Crippen LogP contribution >= 0.6 is 0 Å². The van der Waals surface area contributed by atoms with Crippen LogP contribution in [0.15, 0.2) is 36.5 Å². The Labute approximate surface area is 133 Å². The van der Waals surface area contributed by atoms with E-state index in [1.807, 2.05) is 41.9 Å². The molecule has 1 aromatic carbocycles. The Bertz CT molecular complexity index is 599. The number of aryl methyl sites for hydroxylation is 1. The Morgan fingerprint density at radius 2 is 1.86 bits per heavy atom. The molecule has 22 heavy (non-hydrogen) atoms. The van der Waals surface area contributed by atoms with Gasteiger partial charge in [0.15, 0.2) is 0 Å². The zero-order chi connectivity index (χ0) is 16.3. The Morgan fingerprint density at radius 3 is 2.41 bits per heavy atom. The van der Waals surface area contributed by atoms with Gasteiger partial charge in [0.1, 0.15) is 0 Å². The van der Waals surface area contributed by atoms with E-state index in [9.17, 15) is 5.11 Å². The van der Waals surface area contributed by atoms with Gasteiger partial charge in [0.2, 0.25) is 0 Å². The first kappa shape index (κ1) is 16.7. The van der Waals surface area contributed by atoms with Crippen molar-refractivity contribution in [1.82, 2.24) is 14.7 Å². The van der Waals surface area contributed by atoms with Crippen molar-refractivity contribution in [2.45, 2.75) is 40.3 Å². The highest BCUT2D eigenvalue weighted by molar-refractivity contribution is 5.32. The van der Waals surface area contributed by atoms with Gasteiger partial charge in [-0.2, -0.15) is 5.10 Å². The summed E-state index contributed by atoms with van der Waals surface area (Å²) in [6.07, 6.45) is 2.08. The molecule has 0 radical (unpaired) electrons. The molecule has 4 heteroatoms. The zero-order valence-corrected chi connectivity index (χ0v) is 14.2. The van der Waals surface area contributed by atoms with Crippen LogP contribution in [0.4, 0.5) is 0 Å². The minimum atomic E-state index is 0.0346. The molecule has 1 N–H and O–H groups in total. The van der Waals surface area contributed by atoms with E-state index >= 15 is 0 Å². The fourth-order valence-electron chi connectivity index (χ4n) is 2.82. The number of benzene rings is 1. The number of hydrogen-bond donors (Lipinski definition) is 1. The van der Waals surface area contributed by atoms with Crippen molar-refractivity contribution in [2.24, 2.45) is 5.41 Å². The van der Waals surface area contributed by atoms with E-state index in [0.717, 1.165) is 17.9 Å². The van der Waals surface area contributed by atoms with Crippen molar-refractivity contribution in [1.29, 1.82) is 0 Å². The van der Waals surface area contributed by atoms with E-state index in [0.29, 0.717) is 0 Å². The Morgan fingerprint density at radius 1 is 1.23 bits per heavy atom. The minimum Gasteiger partial charge on any atom is -0.395 e. The fourth-order valence-corrected chi connectivity index (χ4v) is 2.82. The third-order valence-corrected chi connectivity index (χ3v) is 4.15. The van der Waals surface area contributed by atoms with Crippen LogP contribution in [0.25, 0.3) is 5.69 Å². The summed E-state index contributed by atoms with van der Waals surface area (Å²) in [7, 11) is 2.06. The van der Waals surface area contributed by atoms with E-state index in [-0.39, 0.29) is 18.1 Å². The lowest BCUT2D eigenvalue weighted by molar-refractivity contribution is 0.0613. The lowest BCUT2D eigenvalue weighted by atomic mass is 9.86. The molecule has 1 unspecified atom stereocenters. The molecule has 0 amide bonds. The van der Waals surface area contributed by atoms with Crippen LogP contribution in [0.2, 0.25) is 0 Å². The number of aliphatic hydroxyl groups excluding tert-OH is 1. The molecule has 0 fully saturated rings. The Kier molecular flexibility index (Phi) is 5.04. The first-order valence-electron chi connectivity index (χ1n) is 7.74. The summed E-state index contributed by atoms with van der Waals surface area (Å²) in [4.78, 5) is 2.21. The second-order valence-electron chi connectivity index (χ2n) is 7.00. The summed E-state index contributed by atoms with van der Waals surface area (Å²) in [5, 5.41) is 14.3. The SMILES string of the molecule is Cc1nn(-c2ccccc2)cc1CN(C)C(CO)C(C)(C)C. The van der Waals surface area contributed by atoms with E-state index in [1.54, 1.807) is 0 Å². The van der Waals surface area contributed by atoms with Gasteiger partial charge in [-0.05, 0) is 31.5 Å². The van der Waals surface area contributed by atoms with Gasteiger partial charge >= 0.3 is 0 Å². The van der Waals surface area contributed by atoms with E-state index in [2.05, 4.69) is 44.0 Å². The van der Waals surface area contributed by atoms with Gasteiger partial charge in [0, 0.05) is 24.3 Å². The summed E-state index contributed by atoms with van der Waals surface area (Å²) in [5.41, 5.74) is 3.32. The van der Waals surface area contributed by atoms with Gasteiger partial charge in [-0.15, -0.1) is 0 Å². The first-order valence-corrected chi connectivity index (χ1v) is 7.74. The molecule has 4 nitrogen and oxygen atoms in total. The molecule has 1 heterocycles. The molecule has 0 bridgehead atoms. The molecule has 0 saturated heterocycles. The summed E-state index contributed by atoms with van der Waals surface area (Å²) >= 11 is 0. The third-order valence-electron chi connectivity index (χ3n) is 4.15. The van der Waals surface area contributed by atoms with Gasteiger partial charge < -0.3 is 5.11 Å². The van der Waals surface area contributed by atoms with Crippen molar-refractivity contribution in [3.05, 3.63) is 47.8 Å². The van der Waals surface area contributed by atoms with Crippen LogP contribution in [0, 0.1) is 12.3 Å². The molecular formula is C18H27N3O. The molecule has 1 aromatic heterocycles.